The van der Waals surface area contributed by atoms with Gasteiger partial charge in [-0.25, -0.2) is 8.42 Å². The number of para-hydroxylation sites is 1. The van der Waals surface area contributed by atoms with Gasteiger partial charge in [0.1, 0.15) is 0 Å². The summed E-state index contributed by atoms with van der Waals surface area (Å²) in [6, 6.07) is 15.7. The Morgan fingerprint density at radius 2 is 1.62 bits per heavy atom. The molecule has 0 heterocycles. The molecule has 2 aromatic rings. The Labute approximate surface area is 143 Å². The molecule has 6 heteroatoms. The number of rotatable bonds is 7. The zero-order chi connectivity index (χ0) is 17.6. The Morgan fingerprint density at radius 3 is 2.25 bits per heavy atom. The molecule has 0 unspecified atom stereocenters. The molecule has 1 N–H and O–H groups in total. The van der Waals surface area contributed by atoms with Gasteiger partial charge in [-0.15, -0.1) is 0 Å². The third-order valence-corrected chi connectivity index (χ3v) is 5.66. The number of aryl methyl sites for hydroxylation is 1. The summed E-state index contributed by atoms with van der Waals surface area (Å²) < 4.78 is 26.4. The van der Waals surface area contributed by atoms with Crippen LogP contribution in [0.4, 0.5) is 5.69 Å². The lowest BCUT2D eigenvalue weighted by Gasteiger charge is -2.20. The highest BCUT2D eigenvalue weighted by molar-refractivity contribution is 7.89. The fraction of sp³-hybridized carbons (Fsp3) is 0.278. The lowest BCUT2D eigenvalue weighted by Crippen LogP contribution is -2.37. The van der Waals surface area contributed by atoms with Gasteiger partial charge in [0.05, 0.1) is 11.4 Å². The van der Waals surface area contributed by atoms with Gasteiger partial charge in [-0.05, 0) is 30.2 Å². The van der Waals surface area contributed by atoms with E-state index in [0.29, 0.717) is 0 Å². The van der Waals surface area contributed by atoms with Crippen molar-refractivity contribution in [1.82, 2.24) is 4.31 Å². The van der Waals surface area contributed by atoms with Crippen LogP contribution < -0.4 is 5.32 Å². The van der Waals surface area contributed by atoms with Crippen LogP contribution >= 0.6 is 0 Å². The second kappa shape index (κ2) is 8.08. The molecule has 128 valence electrons. The minimum atomic E-state index is -3.68. The molecular weight excluding hydrogens is 324 g/mol. The first kappa shape index (κ1) is 18.2. The van der Waals surface area contributed by atoms with Crippen molar-refractivity contribution < 1.29 is 13.2 Å². The summed E-state index contributed by atoms with van der Waals surface area (Å²) in [5.41, 5.74) is 1.73. The Balaban J connectivity index is 2.14. The Morgan fingerprint density at radius 1 is 1.00 bits per heavy atom. The summed E-state index contributed by atoms with van der Waals surface area (Å²) in [5, 5.41) is 2.80. The molecule has 2 aromatic carbocycles. The van der Waals surface area contributed by atoms with Gasteiger partial charge in [-0.1, -0.05) is 50.2 Å². The monoisotopic (exact) mass is 346 g/mol. The number of carbonyl (C=O) groups excluding carboxylic acids is 1. The predicted octanol–water partition coefficient (Wildman–Crippen LogP) is 2.90. The number of sulfonamides is 1. The summed E-state index contributed by atoms with van der Waals surface area (Å²) >= 11 is 0. The molecule has 0 aliphatic carbocycles. The minimum absolute atomic E-state index is 0.189. The largest absolute Gasteiger partial charge is 0.325 e. The highest BCUT2D eigenvalue weighted by Gasteiger charge is 2.25. The lowest BCUT2D eigenvalue weighted by molar-refractivity contribution is -0.116. The van der Waals surface area contributed by atoms with E-state index in [4.69, 9.17) is 0 Å². The molecule has 0 saturated heterocycles. The summed E-state index contributed by atoms with van der Waals surface area (Å²) in [6.07, 6.45) is 0.788. The number of carbonyl (C=O) groups is 1. The van der Waals surface area contributed by atoms with Gasteiger partial charge in [-0.3, -0.25) is 4.79 Å². The van der Waals surface area contributed by atoms with E-state index in [0.717, 1.165) is 17.7 Å². The van der Waals surface area contributed by atoms with Crippen LogP contribution in [0.15, 0.2) is 59.5 Å². The highest BCUT2D eigenvalue weighted by atomic mass is 32.2. The number of anilines is 1. The summed E-state index contributed by atoms with van der Waals surface area (Å²) in [6.45, 7) is 3.73. The van der Waals surface area contributed by atoms with E-state index in [2.05, 4.69) is 5.32 Å². The van der Waals surface area contributed by atoms with Crippen LogP contribution in [0.5, 0.6) is 0 Å². The molecule has 0 aliphatic heterocycles. The molecule has 24 heavy (non-hydrogen) atoms. The molecule has 0 aliphatic rings. The summed E-state index contributed by atoms with van der Waals surface area (Å²) in [4.78, 5) is 12.5. The number of nitrogens with zero attached hydrogens (tertiary/aromatic N) is 1. The molecule has 0 aromatic heterocycles. The molecule has 0 spiro atoms. The number of hydrogen-bond acceptors (Lipinski definition) is 3. The maximum absolute atomic E-state index is 12.6. The fourth-order valence-corrected chi connectivity index (χ4v) is 3.84. The van der Waals surface area contributed by atoms with Crippen LogP contribution in [0.2, 0.25) is 0 Å². The molecule has 5 nitrogen and oxygen atoms in total. The second-order valence-corrected chi connectivity index (χ2v) is 7.24. The summed E-state index contributed by atoms with van der Waals surface area (Å²) in [5.74, 6) is -0.350. The van der Waals surface area contributed by atoms with E-state index in [-0.39, 0.29) is 23.9 Å². The Hall–Kier alpha value is -2.18. The van der Waals surface area contributed by atoms with E-state index >= 15 is 0 Å². The smallest absolute Gasteiger partial charge is 0.243 e. The maximum Gasteiger partial charge on any atom is 0.243 e. The average molecular weight is 346 g/mol. The van der Waals surface area contributed by atoms with Crippen molar-refractivity contribution in [2.24, 2.45) is 0 Å². The van der Waals surface area contributed by atoms with Crippen LogP contribution in [-0.2, 0) is 21.2 Å². The highest BCUT2D eigenvalue weighted by Crippen LogP contribution is 2.17. The molecule has 0 fully saturated rings. The topological polar surface area (TPSA) is 66.5 Å². The van der Waals surface area contributed by atoms with E-state index in [1.807, 2.05) is 31.2 Å². The number of amides is 1. The van der Waals surface area contributed by atoms with E-state index < -0.39 is 10.0 Å². The van der Waals surface area contributed by atoms with Crippen molar-refractivity contribution in [2.45, 2.75) is 25.2 Å². The molecule has 0 bridgehead atoms. The first-order valence-corrected chi connectivity index (χ1v) is 9.36. The van der Waals surface area contributed by atoms with Gasteiger partial charge < -0.3 is 5.32 Å². The zero-order valence-electron chi connectivity index (χ0n) is 13.9. The average Bonchev–Trinajstić information content (AvgIpc) is 2.60. The Bertz CT molecular complexity index is 789. The van der Waals surface area contributed by atoms with Gasteiger partial charge in [0.25, 0.3) is 0 Å². The number of hydrogen-bond donors (Lipinski definition) is 1. The first-order valence-electron chi connectivity index (χ1n) is 7.92. The van der Waals surface area contributed by atoms with E-state index in [1.54, 1.807) is 25.1 Å². The molecule has 1 amide bonds. The van der Waals surface area contributed by atoms with Crippen molar-refractivity contribution in [2.75, 3.05) is 18.4 Å². The molecule has 0 atom stereocenters. The molecular formula is C18H22N2O3S. The van der Waals surface area contributed by atoms with Gasteiger partial charge in [-0.2, -0.15) is 4.31 Å². The summed E-state index contributed by atoms with van der Waals surface area (Å²) in [7, 11) is -3.68. The first-order chi connectivity index (χ1) is 11.5. The van der Waals surface area contributed by atoms with Crippen molar-refractivity contribution in [3.8, 4) is 0 Å². The van der Waals surface area contributed by atoms with Crippen molar-refractivity contribution in [3.63, 3.8) is 0 Å². The normalized spacial score (nSPS) is 11.5. The standard InChI is InChI=1S/C18H22N2O3S/c1-3-15-10-8-9-13-17(15)19-18(21)14-20(4-2)24(22,23)16-11-6-5-7-12-16/h5-13H,3-4,14H2,1-2H3,(H,19,21). The second-order valence-electron chi connectivity index (χ2n) is 5.30. The van der Waals surface area contributed by atoms with Crippen molar-refractivity contribution in [3.05, 3.63) is 60.2 Å². The van der Waals surface area contributed by atoms with Crippen LogP contribution in [0.1, 0.15) is 19.4 Å². The van der Waals surface area contributed by atoms with Crippen LogP contribution in [0.3, 0.4) is 0 Å². The van der Waals surface area contributed by atoms with Crippen LogP contribution in [0.25, 0.3) is 0 Å². The molecule has 0 radical (unpaired) electrons. The number of benzene rings is 2. The predicted molar refractivity (Wildman–Crippen MR) is 95.3 cm³/mol. The number of nitrogens with one attached hydrogen (secondary N) is 1. The van der Waals surface area contributed by atoms with Gasteiger partial charge in [0, 0.05) is 12.2 Å². The quantitative estimate of drug-likeness (QED) is 0.838. The zero-order valence-corrected chi connectivity index (χ0v) is 14.7. The fourth-order valence-electron chi connectivity index (χ4n) is 2.41. The van der Waals surface area contributed by atoms with E-state index in [9.17, 15) is 13.2 Å². The van der Waals surface area contributed by atoms with Crippen LogP contribution in [0, 0.1) is 0 Å². The van der Waals surface area contributed by atoms with Crippen molar-refractivity contribution >= 4 is 21.6 Å². The third-order valence-electron chi connectivity index (χ3n) is 3.73. The van der Waals surface area contributed by atoms with Gasteiger partial charge >= 0.3 is 0 Å². The maximum atomic E-state index is 12.6. The Kier molecular flexibility index (Phi) is 6.11. The van der Waals surface area contributed by atoms with Crippen molar-refractivity contribution in [1.29, 1.82) is 0 Å². The minimum Gasteiger partial charge on any atom is -0.325 e. The SMILES string of the molecule is CCc1ccccc1NC(=O)CN(CC)S(=O)(=O)c1ccccc1. The molecule has 0 saturated carbocycles. The lowest BCUT2D eigenvalue weighted by atomic mass is 10.1. The molecule has 2 rings (SSSR count). The number of likely N-dealkylation sites (N-methyl/N-ethyl adjacent to an activating group) is 1. The van der Waals surface area contributed by atoms with E-state index in [1.165, 1.54) is 16.4 Å². The van der Waals surface area contributed by atoms with Gasteiger partial charge in [0.2, 0.25) is 15.9 Å². The van der Waals surface area contributed by atoms with Gasteiger partial charge in [0.15, 0.2) is 0 Å². The third kappa shape index (κ3) is 4.21. The van der Waals surface area contributed by atoms with Crippen LogP contribution in [-0.4, -0.2) is 31.7 Å².